The summed E-state index contributed by atoms with van der Waals surface area (Å²) in [7, 11) is 0. The van der Waals surface area contributed by atoms with Crippen LogP contribution in [0.5, 0.6) is 0 Å². The molecule has 0 unspecified atom stereocenters. The number of rotatable bonds is 0. The van der Waals surface area contributed by atoms with Gasteiger partial charge in [-0.05, 0) is 6.92 Å². The van der Waals surface area contributed by atoms with Crippen LogP contribution in [0.15, 0.2) is 0 Å². The Bertz CT molecular complexity index is 102. The smallest absolute Gasteiger partial charge is 0.316 e. The summed E-state index contributed by atoms with van der Waals surface area (Å²) in [5.74, 6) is 5.98. The molecule has 0 aliphatic rings. The largest absolute Gasteiger partial charge is 1.00 e. The topological polar surface area (TPSA) is 0 Å². The van der Waals surface area contributed by atoms with E-state index in [4.69, 9.17) is 0 Å². The molecule has 0 bridgehead atoms. The van der Waals surface area contributed by atoms with Gasteiger partial charge in [0, 0.05) is 0 Å². The van der Waals surface area contributed by atoms with E-state index in [0.717, 1.165) is 0 Å². The molecule has 0 amide bonds. The Labute approximate surface area is 95.1 Å². The fourth-order valence-corrected chi connectivity index (χ4v) is 0.433. The fraction of sp³-hybridized carbons (Fsp3) is 0.667. The quantitative estimate of drug-likeness (QED) is 0.291. The van der Waals surface area contributed by atoms with Gasteiger partial charge in [-0.3, -0.25) is 0 Å². The Morgan fingerprint density at radius 2 is 1.50 bits per heavy atom. The molecule has 0 saturated carbocycles. The minimum absolute atomic E-state index is 0. The summed E-state index contributed by atoms with van der Waals surface area (Å²) in [6, 6.07) is 0. The first-order chi connectivity index (χ1) is 3.06. The molecular weight excluding hydrogens is 122 g/mol. The van der Waals surface area contributed by atoms with E-state index in [2.05, 4.69) is 32.2 Å². The Hall–Kier alpha value is 1.26. The van der Waals surface area contributed by atoms with E-state index in [1.54, 1.807) is 0 Å². The van der Waals surface area contributed by atoms with Crippen LogP contribution < -0.4 is 51.4 Å². The third-order valence-electron chi connectivity index (χ3n) is 0.577. The summed E-state index contributed by atoms with van der Waals surface area (Å²) in [6.45, 7) is 8.37. The predicted octanol–water partition coefficient (Wildman–Crippen LogP) is -1.11. The molecule has 0 radical (unpaired) electrons. The van der Waals surface area contributed by atoms with E-state index in [1.807, 2.05) is 6.92 Å². The van der Waals surface area contributed by atoms with Crippen LogP contribution in [0, 0.1) is 11.7 Å². The van der Waals surface area contributed by atoms with Crippen LogP contribution in [-0.2, 0) is 0 Å². The normalized spacial score (nSPS) is 8.50. The summed E-state index contributed by atoms with van der Waals surface area (Å²) in [5.41, 5.74) is 0. The molecule has 0 aliphatic heterocycles. The first-order valence-electron chi connectivity index (χ1n) is 2.77. The maximum atomic E-state index is 3.10. The summed E-state index contributed by atoms with van der Waals surface area (Å²) in [5, 5.41) is 0. The van der Waals surface area contributed by atoms with Gasteiger partial charge < -0.3 is 5.82 Å². The zero-order valence-corrected chi connectivity index (χ0v) is 9.70. The third-order valence-corrected chi connectivity index (χ3v) is 0.577. The van der Waals surface area contributed by atoms with Crippen LogP contribution in [0.3, 0.4) is 0 Å². The molecule has 0 aromatic heterocycles. The van der Waals surface area contributed by atoms with Crippen molar-refractivity contribution < 1.29 is 51.4 Å². The second-order valence-corrected chi connectivity index (χ2v) is 2.99. The average molecular weight is 134 g/mol. The number of hydrogen-bond donors (Lipinski definition) is 0. The zero-order valence-electron chi connectivity index (χ0n) is 6.58. The van der Waals surface area contributed by atoms with Crippen LogP contribution in [0.4, 0.5) is 0 Å². The Kier molecular flexibility index (Phi) is 7.61. The van der Waals surface area contributed by atoms with Gasteiger partial charge in [0.15, 0.2) is 0 Å². The molecule has 40 valence electrons. The molecule has 0 aliphatic carbocycles. The van der Waals surface area contributed by atoms with E-state index in [9.17, 15) is 0 Å². The van der Waals surface area contributed by atoms with Crippen molar-refractivity contribution in [3.63, 3.8) is 0 Å². The van der Waals surface area contributed by atoms with Gasteiger partial charge in [-0.2, -0.15) is 26.4 Å². The van der Waals surface area contributed by atoms with E-state index in [0.29, 0.717) is 0 Å². The molecule has 2 heteroatoms. The van der Waals surface area contributed by atoms with Crippen molar-refractivity contribution in [2.24, 2.45) is 0 Å². The molecule has 0 N–H and O–H groups in total. The molecule has 0 aromatic carbocycles. The van der Waals surface area contributed by atoms with Gasteiger partial charge in [-0.15, -0.1) is 0 Å². The molecule has 0 fully saturated rings. The van der Waals surface area contributed by atoms with Crippen molar-refractivity contribution in [2.45, 2.75) is 27.4 Å². The maximum Gasteiger partial charge on any atom is 1.00 e. The van der Waals surface area contributed by atoms with Crippen molar-refractivity contribution >= 4 is 6.15 Å². The van der Waals surface area contributed by atoms with Gasteiger partial charge in [0.2, 0.25) is 0 Å². The molecule has 0 rings (SSSR count). The third kappa shape index (κ3) is 10.3. The summed E-state index contributed by atoms with van der Waals surface area (Å²) < 4.78 is 0. The van der Waals surface area contributed by atoms with Crippen LogP contribution in [-0.4, -0.2) is 6.15 Å². The van der Waals surface area contributed by atoms with Crippen LogP contribution in [0.2, 0.25) is 20.5 Å². The van der Waals surface area contributed by atoms with Crippen molar-refractivity contribution in [3.8, 4) is 11.7 Å². The first kappa shape index (κ1) is 12.0. The minimum atomic E-state index is -0.354. The van der Waals surface area contributed by atoms with Crippen LogP contribution in [0.25, 0.3) is 0 Å². The van der Waals surface area contributed by atoms with E-state index in [1.165, 1.54) is 0 Å². The SMILES string of the molecule is CC#C[B-](C)(C)C.[K+]. The minimum Gasteiger partial charge on any atom is -0.316 e. The van der Waals surface area contributed by atoms with Crippen LogP contribution in [0.1, 0.15) is 6.92 Å². The maximum absolute atomic E-state index is 3.10. The molecule has 8 heavy (non-hydrogen) atoms. The van der Waals surface area contributed by atoms with Gasteiger partial charge in [0.05, 0.1) is 6.15 Å². The monoisotopic (exact) mass is 134 g/mol. The average Bonchev–Trinajstić information content (AvgIpc) is 1.30. The second kappa shape index (κ2) is 5.08. The van der Waals surface area contributed by atoms with Gasteiger partial charge in [-0.25, -0.2) is 0 Å². The van der Waals surface area contributed by atoms with Crippen LogP contribution >= 0.6 is 0 Å². The Morgan fingerprint density at radius 3 is 1.50 bits per heavy atom. The Balaban J connectivity index is 0. The molecule has 0 aromatic rings. The van der Waals surface area contributed by atoms with Crippen molar-refractivity contribution in [1.29, 1.82) is 0 Å². The Morgan fingerprint density at radius 1 is 1.12 bits per heavy atom. The predicted molar refractivity (Wildman–Crippen MR) is 36.8 cm³/mol. The van der Waals surface area contributed by atoms with E-state index >= 15 is 0 Å². The molecule has 0 heterocycles. The van der Waals surface area contributed by atoms with Gasteiger partial charge in [0.1, 0.15) is 0 Å². The summed E-state index contributed by atoms with van der Waals surface area (Å²) in [4.78, 5) is 0. The molecule has 0 atom stereocenters. The second-order valence-electron chi connectivity index (χ2n) is 2.99. The van der Waals surface area contributed by atoms with E-state index in [-0.39, 0.29) is 57.5 Å². The van der Waals surface area contributed by atoms with Crippen molar-refractivity contribution in [3.05, 3.63) is 0 Å². The van der Waals surface area contributed by atoms with Gasteiger partial charge in [0.25, 0.3) is 0 Å². The van der Waals surface area contributed by atoms with Gasteiger partial charge in [-0.1, -0.05) is 0 Å². The molecule has 0 spiro atoms. The van der Waals surface area contributed by atoms with Crippen molar-refractivity contribution in [1.82, 2.24) is 0 Å². The molecule has 0 saturated heterocycles. The fourth-order valence-electron chi connectivity index (χ4n) is 0.433. The van der Waals surface area contributed by atoms with Crippen molar-refractivity contribution in [2.75, 3.05) is 0 Å². The van der Waals surface area contributed by atoms with E-state index < -0.39 is 0 Å². The summed E-state index contributed by atoms with van der Waals surface area (Å²) in [6.07, 6.45) is -0.354. The molecule has 0 nitrogen and oxygen atoms in total. The standard InChI is InChI=1S/C6H12B.K/c1-5-6-7(2,3)4;/h1-4H3;/q-1;+1. The first-order valence-corrected chi connectivity index (χ1v) is 2.77. The van der Waals surface area contributed by atoms with Gasteiger partial charge >= 0.3 is 51.4 Å². The molecular formula is C6H12BK. The zero-order chi connectivity index (χ0) is 5.91. The number of hydrogen-bond acceptors (Lipinski definition) is 0. The summed E-state index contributed by atoms with van der Waals surface area (Å²) >= 11 is 0.